The standard InChI is InChI=1S/C9H10N2O.C2H4/c1-6-7-4-3-5-8(7)9(12)11(2)10-6;1-2/h3,5H,4H2,1-2H3;1-2H2. The van der Waals surface area contributed by atoms with E-state index in [1.54, 1.807) is 7.05 Å². The van der Waals surface area contributed by atoms with Crippen molar-refractivity contribution in [2.45, 2.75) is 13.3 Å². The maximum absolute atomic E-state index is 11.5. The molecular formula is C11H14N2O. The van der Waals surface area contributed by atoms with Crippen molar-refractivity contribution in [3.8, 4) is 0 Å². The van der Waals surface area contributed by atoms with E-state index >= 15 is 0 Å². The Labute approximate surface area is 83.4 Å². The molecule has 1 aromatic rings. The van der Waals surface area contributed by atoms with Crippen LogP contribution in [0.4, 0.5) is 0 Å². The van der Waals surface area contributed by atoms with E-state index in [1.807, 2.05) is 19.1 Å². The molecule has 14 heavy (non-hydrogen) atoms. The third kappa shape index (κ3) is 1.53. The number of fused-ring (bicyclic) bond motifs is 1. The Morgan fingerprint density at radius 3 is 2.79 bits per heavy atom. The summed E-state index contributed by atoms with van der Waals surface area (Å²) in [6.45, 7) is 7.94. The zero-order valence-corrected chi connectivity index (χ0v) is 8.58. The van der Waals surface area contributed by atoms with Gasteiger partial charge in [0.25, 0.3) is 5.56 Å². The second-order valence-corrected chi connectivity index (χ2v) is 3.01. The van der Waals surface area contributed by atoms with Crippen LogP contribution in [0.3, 0.4) is 0 Å². The van der Waals surface area contributed by atoms with Gasteiger partial charge in [0.1, 0.15) is 0 Å². The summed E-state index contributed by atoms with van der Waals surface area (Å²) in [6.07, 6.45) is 4.73. The SMILES string of the molecule is C=C.Cc1nn(C)c(=O)c2c1CC=C2. The second kappa shape index (κ2) is 4.05. The summed E-state index contributed by atoms with van der Waals surface area (Å²) in [4.78, 5) is 11.5. The van der Waals surface area contributed by atoms with Crippen LogP contribution in [0.5, 0.6) is 0 Å². The first-order valence-electron chi connectivity index (χ1n) is 4.43. The highest BCUT2D eigenvalue weighted by Crippen LogP contribution is 2.16. The summed E-state index contributed by atoms with van der Waals surface area (Å²) in [5, 5.41) is 4.11. The van der Waals surface area contributed by atoms with Crippen molar-refractivity contribution >= 4 is 6.08 Å². The van der Waals surface area contributed by atoms with E-state index in [2.05, 4.69) is 18.3 Å². The first-order chi connectivity index (χ1) is 6.70. The van der Waals surface area contributed by atoms with E-state index < -0.39 is 0 Å². The smallest absolute Gasteiger partial charge is 0.267 e. The molecule has 0 amide bonds. The molecule has 0 spiro atoms. The highest BCUT2D eigenvalue weighted by molar-refractivity contribution is 5.59. The number of rotatable bonds is 0. The lowest BCUT2D eigenvalue weighted by Crippen LogP contribution is -2.23. The minimum atomic E-state index is 0.00403. The van der Waals surface area contributed by atoms with Gasteiger partial charge in [-0.3, -0.25) is 4.79 Å². The van der Waals surface area contributed by atoms with Crippen molar-refractivity contribution in [1.29, 1.82) is 0 Å². The Kier molecular flexibility index (Phi) is 3.02. The summed E-state index contributed by atoms with van der Waals surface area (Å²) >= 11 is 0. The lowest BCUT2D eigenvalue weighted by atomic mass is 10.1. The van der Waals surface area contributed by atoms with E-state index in [0.29, 0.717) is 0 Å². The summed E-state index contributed by atoms with van der Waals surface area (Å²) in [5.74, 6) is 0. The summed E-state index contributed by atoms with van der Waals surface area (Å²) in [7, 11) is 1.68. The van der Waals surface area contributed by atoms with Gasteiger partial charge in [-0.15, -0.1) is 13.2 Å². The molecule has 0 fully saturated rings. The van der Waals surface area contributed by atoms with Gasteiger partial charge in [0.2, 0.25) is 0 Å². The van der Waals surface area contributed by atoms with Crippen LogP contribution >= 0.6 is 0 Å². The van der Waals surface area contributed by atoms with E-state index in [9.17, 15) is 4.79 Å². The average Bonchev–Trinajstić information content (AvgIpc) is 2.67. The zero-order chi connectivity index (χ0) is 10.7. The predicted molar refractivity (Wildman–Crippen MR) is 58.2 cm³/mol. The van der Waals surface area contributed by atoms with Crippen LogP contribution in [-0.4, -0.2) is 9.78 Å². The Hall–Kier alpha value is -1.64. The summed E-state index contributed by atoms with van der Waals surface area (Å²) < 4.78 is 1.39. The number of hydrogen-bond acceptors (Lipinski definition) is 2. The Bertz CT molecular complexity index is 430. The van der Waals surface area contributed by atoms with Crippen LogP contribution < -0.4 is 5.56 Å². The molecule has 0 saturated carbocycles. The maximum Gasteiger partial charge on any atom is 0.274 e. The molecule has 3 heteroatoms. The lowest BCUT2D eigenvalue weighted by molar-refractivity contribution is 0.685. The number of hydrogen-bond donors (Lipinski definition) is 0. The minimum absolute atomic E-state index is 0.00403. The number of allylic oxidation sites excluding steroid dienone is 1. The van der Waals surface area contributed by atoms with Gasteiger partial charge in [-0.2, -0.15) is 5.10 Å². The monoisotopic (exact) mass is 190 g/mol. The molecule has 0 atom stereocenters. The molecule has 1 aliphatic carbocycles. The van der Waals surface area contributed by atoms with Gasteiger partial charge in [-0.05, 0) is 18.9 Å². The van der Waals surface area contributed by atoms with Crippen LogP contribution in [0.15, 0.2) is 24.0 Å². The van der Waals surface area contributed by atoms with Gasteiger partial charge in [-0.25, -0.2) is 4.68 Å². The molecule has 0 saturated heterocycles. The molecule has 0 N–H and O–H groups in total. The van der Waals surface area contributed by atoms with Gasteiger partial charge in [0.05, 0.1) is 5.69 Å². The van der Waals surface area contributed by atoms with Crippen LogP contribution in [0.1, 0.15) is 16.8 Å². The quantitative estimate of drug-likeness (QED) is 0.580. The Balaban J connectivity index is 0.000000461. The molecule has 2 rings (SSSR count). The minimum Gasteiger partial charge on any atom is -0.267 e. The fourth-order valence-electron chi connectivity index (χ4n) is 1.55. The predicted octanol–water partition coefficient (Wildman–Crippen LogP) is 1.46. The number of aryl methyl sites for hydroxylation is 2. The number of nitrogens with zero attached hydrogens (tertiary/aromatic N) is 2. The Morgan fingerprint density at radius 1 is 1.50 bits per heavy atom. The lowest BCUT2D eigenvalue weighted by Gasteiger charge is -2.04. The number of aromatic nitrogens is 2. The van der Waals surface area contributed by atoms with Gasteiger partial charge >= 0.3 is 0 Å². The average molecular weight is 190 g/mol. The third-order valence-electron chi connectivity index (χ3n) is 2.19. The van der Waals surface area contributed by atoms with Crippen molar-refractivity contribution in [2.24, 2.45) is 7.05 Å². The van der Waals surface area contributed by atoms with Crippen molar-refractivity contribution in [1.82, 2.24) is 9.78 Å². The zero-order valence-electron chi connectivity index (χ0n) is 8.58. The van der Waals surface area contributed by atoms with E-state index in [1.165, 1.54) is 4.68 Å². The summed E-state index contributed by atoms with van der Waals surface area (Å²) in [6, 6.07) is 0. The normalized spacial score (nSPS) is 11.9. The fourth-order valence-corrected chi connectivity index (χ4v) is 1.55. The molecule has 1 aromatic heterocycles. The molecular weight excluding hydrogens is 176 g/mol. The Morgan fingerprint density at radius 2 is 2.14 bits per heavy atom. The molecule has 3 nitrogen and oxygen atoms in total. The first kappa shape index (κ1) is 10.4. The van der Waals surface area contributed by atoms with Crippen molar-refractivity contribution in [3.63, 3.8) is 0 Å². The van der Waals surface area contributed by atoms with Gasteiger partial charge in [-0.1, -0.05) is 12.2 Å². The maximum atomic E-state index is 11.5. The molecule has 0 radical (unpaired) electrons. The van der Waals surface area contributed by atoms with Gasteiger partial charge in [0, 0.05) is 12.6 Å². The van der Waals surface area contributed by atoms with Crippen LogP contribution in [0.2, 0.25) is 0 Å². The van der Waals surface area contributed by atoms with Gasteiger partial charge in [0.15, 0.2) is 0 Å². The highest BCUT2D eigenvalue weighted by Gasteiger charge is 2.13. The van der Waals surface area contributed by atoms with Crippen molar-refractivity contribution in [2.75, 3.05) is 0 Å². The first-order valence-corrected chi connectivity index (χ1v) is 4.43. The fraction of sp³-hybridized carbons (Fsp3) is 0.273. The van der Waals surface area contributed by atoms with E-state index in [0.717, 1.165) is 23.2 Å². The van der Waals surface area contributed by atoms with Crippen LogP contribution in [0.25, 0.3) is 6.08 Å². The summed E-state index contributed by atoms with van der Waals surface area (Å²) in [5.41, 5.74) is 2.85. The van der Waals surface area contributed by atoms with E-state index in [-0.39, 0.29) is 5.56 Å². The largest absolute Gasteiger partial charge is 0.274 e. The second-order valence-electron chi connectivity index (χ2n) is 3.01. The third-order valence-corrected chi connectivity index (χ3v) is 2.19. The molecule has 0 aliphatic heterocycles. The molecule has 1 heterocycles. The molecule has 0 bridgehead atoms. The van der Waals surface area contributed by atoms with Crippen LogP contribution in [0, 0.1) is 6.92 Å². The molecule has 1 aliphatic rings. The molecule has 74 valence electrons. The van der Waals surface area contributed by atoms with E-state index in [4.69, 9.17) is 0 Å². The topological polar surface area (TPSA) is 34.9 Å². The van der Waals surface area contributed by atoms with Crippen LogP contribution in [-0.2, 0) is 13.5 Å². The molecule has 0 unspecified atom stereocenters. The highest BCUT2D eigenvalue weighted by atomic mass is 16.1. The van der Waals surface area contributed by atoms with Crippen molar-refractivity contribution in [3.05, 3.63) is 46.4 Å². The molecule has 0 aromatic carbocycles. The van der Waals surface area contributed by atoms with Crippen molar-refractivity contribution < 1.29 is 0 Å². The van der Waals surface area contributed by atoms with Gasteiger partial charge < -0.3 is 0 Å².